The monoisotopic (exact) mass is 197 g/mol. The SMILES string of the molecule is C#CC(C)(C)NCC(CC)(CC)CO. The van der Waals surface area contributed by atoms with Crippen LogP contribution in [0.3, 0.4) is 0 Å². The van der Waals surface area contributed by atoms with Gasteiger partial charge in [0.05, 0.1) is 5.54 Å². The third kappa shape index (κ3) is 3.69. The molecule has 0 aliphatic carbocycles. The molecule has 0 aromatic rings. The number of hydrogen-bond donors (Lipinski definition) is 2. The lowest BCUT2D eigenvalue weighted by Crippen LogP contribution is -2.46. The van der Waals surface area contributed by atoms with Gasteiger partial charge in [-0.25, -0.2) is 0 Å². The second-order valence-corrected chi connectivity index (χ2v) is 4.49. The molecule has 0 bridgehead atoms. The molecule has 0 radical (unpaired) electrons. The van der Waals surface area contributed by atoms with Crippen molar-refractivity contribution in [3.8, 4) is 12.3 Å². The summed E-state index contributed by atoms with van der Waals surface area (Å²) in [5.41, 5.74) is -0.307. The Hall–Kier alpha value is -0.520. The van der Waals surface area contributed by atoms with Crippen LogP contribution >= 0.6 is 0 Å². The molecule has 0 aliphatic heterocycles. The number of aliphatic hydroxyl groups is 1. The fourth-order valence-corrected chi connectivity index (χ4v) is 1.24. The first kappa shape index (κ1) is 13.5. The van der Waals surface area contributed by atoms with Gasteiger partial charge in [0, 0.05) is 18.6 Å². The van der Waals surface area contributed by atoms with Crippen LogP contribution in [0.25, 0.3) is 0 Å². The molecule has 0 heterocycles. The van der Waals surface area contributed by atoms with E-state index in [-0.39, 0.29) is 17.6 Å². The van der Waals surface area contributed by atoms with Gasteiger partial charge in [0.1, 0.15) is 0 Å². The van der Waals surface area contributed by atoms with E-state index in [1.165, 1.54) is 0 Å². The average Bonchev–Trinajstić information content (AvgIpc) is 2.21. The van der Waals surface area contributed by atoms with E-state index in [1.54, 1.807) is 0 Å². The van der Waals surface area contributed by atoms with Gasteiger partial charge in [0.15, 0.2) is 0 Å². The summed E-state index contributed by atoms with van der Waals surface area (Å²) in [7, 11) is 0. The third-order valence-electron chi connectivity index (χ3n) is 3.10. The molecule has 0 rings (SSSR count). The standard InChI is InChI=1S/C12H23NO/c1-6-11(4,5)13-9-12(7-2,8-3)10-14/h1,13-14H,7-10H2,2-5H3. The molecule has 0 aromatic heterocycles. The zero-order chi connectivity index (χ0) is 11.2. The van der Waals surface area contributed by atoms with Crippen molar-refractivity contribution in [1.82, 2.24) is 5.32 Å². The first-order valence-corrected chi connectivity index (χ1v) is 5.29. The maximum atomic E-state index is 9.35. The Bertz CT molecular complexity index is 191. The maximum Gasteiger partial charge on any atom is 0.0741 e. The minimum atomic E-state index is -0.287. The van der Waals surface area contributed by atoms with Gasteiger partial charge in [0.2, 0.25) is 0 Å². The van der Waals surface area contributed by atoms with Crippen LogP contribution in [0.15, 0.2) is 0 Å². The van der Waals surface area contributed by atoms with Crippen LogP contribution in [0.1, 0.15) is 40.5 Å². The van der Waals surface area contributed by atoms with Gasteiger partial charge in [-0.3, -0.25) is 0 Å². The van der Waals surface area contributed by atoms with Crippen molar-refractivity contribution in [2.45, 2.75) is 46.1 Å². The highest BCUT2D eigenvalue weighted by atomic mass is 16.3. The summed E-state index contributed by atoms with van der Waals surface area (Å²) in [6.07, 6.45) is 7.32. The summed E-state index contributed by atoms with van der Waals surface area (Å²) in [6.45, 7) is 9.14. The van der Waals surface area contributed by atoms with Crippen molar-refractivity contribution >= 4 is 0 Å². The fraction of sp³-hybridized carbons (Fsp3) is 0.833. The highest BCUT2D eigenvalue weighted by Crippen LogP contribution is 2.25. The van der Waals surface area contributed by atoms with Crippen molar-refractivity contribution in [3.05, 3.63) is 0 Å². The molecule has 0 saturated carbocycles. The summed E-state index contributed by atoms with van der Waals surface area (Å²) in [4.78, 5) is 0. The van der Waals surface area contributed by atoms with Crippen molar-refractivity contribution in [2.75, 3.05) is 13.2 Å². The van der Waals surface area contributed by atoms with Gasteiger partial charge < -0.3 is 10.4 Å². The van der Waals surface area contributed by atoms with Crippen LogP contribution in [0.5, 0.6) is 0 Å². The lowest BCUT2D eigenvalue weighted by molar-refractivity contribution is 0.108. The van der Waals surface area contributed by atoms with Crippen molar-refractivity contribution in [3.63, 3.8) is 0 Å². The number of terminal acetylenes is 1. The molecule has 2 heteroatoms. The Balaban J connectivity index is 4.28. The predicted molar refractivity (Wildman–Crippen MR) is 61.0 cm³/mol. The zero-order valence-electron chi connectivity index (χ0n) is 9.85. The van der Waals surface area contributed by atoms with Crippen LogP contribution in [-0.4, -0.2) is 23.8 Å². The molecule has 0 aromatic carbocycles. The molecule has 14 heavy (non-hydrogen) atoms. The topological polar surface area (TPSA) is 32.3 Å². The molecular formula is C12H23NO. The lowest BCUT2D eigenvalue weighted by atomic mass is 9.82. The van der Waals surface area contributed by atoms with Gasteiger partial charge >= 0.3 is 0 Å². The van der Waals surface area contributed by atoms with Crippen molar-refractivity contribution in [1.29, 1.82) is 0 Å². The Morgan fingerprint density at radius 3 is 2.07 bits per heavy atom. The lowest BCUT2D eigenvalue weighted by Gasteiger charge is -2.33. The van der Waals surface area contributed by atoms with Crippen LogP contribution in [0, 0.1) is 17.8 Å². The quantitative estimate of drug-likeness (QED) is 0.636. The fourth-order valence-electron chi connectivity index (χ4n) is 1.24. The van der Waals surface area contributed by atoms with Crippen LogP contribution in [0.4, 0.5) is 0 Å². The molecular weight excluding hydrogens is 174 g/mol. The van der Waals surface area contributed by atoms with E-state index in [0.29, 0.717) is 0 Å². The average molecular weight is 197 g/mol. The van der Waals surface area contributed by atoms with E-state index in [0.717, 1.165) is 19.4 Å². The first-order chi connectivity index (χ1) is 6.45. The Morgan fingerprint density at radius 1 is 1.29 bits per heavy atom. The van der Waals surface area contributed by atoms with Crippen molar-refractivity contribution in [2.24, 2.45) is 5.41 Å². The predicted octanol–water partition coefficient (Wildman–Crippen LogP) is 1.79. The van der Waals surface area contributed by atoms with Gasteiger partial charge in [-0.05, 0) is 26.7 Å². The van der Waals surface area contributed by atoms with Crippen molar-refractivity contribution < 1.29 is 5.11 Å². The maximum absolute atomic E-state index is 9.35. The summed E-state index contributed by atoms with van der Waals surface area (Å²) in [6, 6.07) is 0. The molecule has 0 aliphatic rings. The summed E-state index contributed by atoms with van der Waals surface area (Å²) in [5.74, 6) is 2.69. The number of rotatable bonds is 6. The van der Waals surface area contributed by atoms with Gasteiger partial charge in [0.25, 0.3) is 0 Å². The van der Waals surface area contributed by atoms with Gasteiger partial charge in [-0.2, -0.15) is 0 Å². The second-order valence-electron chi connectivity index (χ2n) is 4.49. The number of aliphatic hydroxyl groups excluding tert-OH is 1. The highest BCUT2D eigenvalue weighted by Gasteiger charge is 2.27. The Labute approximate surface area is 88.1 Å². The molecule has 0 fully saturated rings. The first-order valence-electron chi connectivity index (χ1n) is 5.29. The Kier molecular flexibility index (Phi) is 5.18. The van der Waals surface area contributed by atoms with E-state index < -0.39 is 0 Å². The molecule has 0 atom stereocenters. The van der Waals surface area contributed by atoms with E-state index in [1.807, 2.05) is 13.8 Å². The van der Waals surface area contributed by atoms with E-state index in [4.69, 9.17) is 6.42 Å². The van der Waals surface area contributed by atoms with Crippen LogP contribution in [-0.2, 0) is 0 Å². The summed E-state index contributed by atoms with van der Waals surface area (Å²) < 4.78 is 0. The summed E-state index contributed by atoms with van der Waals surface area (Å²) >= 11 is 0. The molecule has 0 saturated heterocycles. The molecule has 2 nitrogen and oxygen atoms in total. The van der Waals surface area contributed by atoms with E-state index >= 15 is 0 Å². The molecule has 82 valence electrons. The van der Waals surface area contributed by atoms with Crippen LogP contribution < -0.4 is 5.32 Å². The second kappa shape index (κ2) is 5.38. The number of nitrogens with one attached hydrogen (secondary N) is 1. The normalized spacial score (nSPS) is 12.6. The number of hydrogen-bond acceptors (Lipinski definition) is 2. The third-order valence-corrected chi connectivity index (χ3v) is 3.10. The Morgan fingerprint density at radius 2 is 1.79 bits per heavy atom. The smallest absolute Gasteiger partial charge is 0.0741 e. The van der Waals surface area contributed by atoms with Gasteiger partial charge in [-0.15, -0.1) is 6.42 Å². The minimum Gasteiger partial charge on any atom is -0.396 e. The molecule has 0 amide bonds. The van der Waals surface area contributed by atoms with E-state index in [9.17, 15) is 5.11 Å². The largest absolute Gasteiger partial charge is 0.396 e. The summed E-state index contributed by atoms with van der Waals surface area (Å²) in [5, 5.41) is 12.7. The van der Waals surface area contributed by atoms with E-state index in [2.05, 4.69) is 25.1 Å². The zero-order valence-corrected chi connectivity index (χ0v) is 9.85. The molecule has 0 unspecified atom stereocenters. The highest BCUT2D eigenvalue weighted by molar-refractivity contribution is 5.07. The minimum absolute atomic E-state index is 0.0197. The molecule has 2 N–H and O–H groups in total. The molecule has 0 spiro atoms. The van der Waals surface area contributed by atoms with Crippen LogP contribution in [0.2, 0.25) is 0 Å². The van der Waals surface area contributed by atoms with Gasteiger partial charge in [-0.1, -0.05) is 19.8 Å².